The molecule has 1 atom stereocenters. The fourth-order valence-corrected chi connectivity index (χ4v) is 3.00. The van der Waals surface area contributed by atoms with Gasteiger partial charge in [0.2, 0.25) is 0 Å². The van der Waals surface area contributed by atoms with Crippen LogP contribution in [0.1, 0.15) is 37.5 Å². The van der Waals surface area contributed by atoms with Gasteiger partial charge in [0, 0.05) is 0 Å². The first-order chi connectivity index (χ1) is 11.1. The summed E-state index contributed by atoms with van der Waals surface area (Å²) in [5.74, 6) is -0.824. The monoisotopic (exact) mass is 332 g/mol. The first-order valence-corrected chi connectivity index (χ1v) is 8.06. The van der Waals surface area contributed by atoms with Crippen LogP contribution in [0.15, 0.2) is 48.5 Å². The van der Waals surface area contributed by atoms with Crippen molar-refractivity contribution in [3.63, 3.8) is 0 Å². The van der Waals surface area contributed by atoms with E-state index in [-0.39, 0.29) is 5.66 Å². The van der Waals surface area contributed by atoms with Gasteiger partial charge in [-0.25, -0.2) is 9.59 Å². The molecule has 2 aromatic carbocycles. The topological polar surface area (TPSA) is 75.7 Å². The van der Waals surface area contributed by atoms with Crippen LogP contribution in [0.4, 0.5) is 0 Å². The minimum Gasteiger partial charge on any atom is -0.682 e. The SMILES string of the molecule is COC(=O)c1ccc(C([PH2+][O-])c2ccc(C(=O)OC)cc2)cc1. The number of carbonyl (C=O) groups is 2. The van der Waals surface area contributed by atoms with Gasteiger partial charge in [-0.3, -0.25) is 0 Å². The Morgan fingerprint density at radius 2 is 1.17 bits per heavy atom. The zero-order valence-electron chi connectivity index (χ0n) is 12.8. The highest BCUT2D eigenvalue weighted by Gasteiger charge is 2.17. The first kappa shape index (κ1) is 17.1. The predicted molar refractivity (Wildman–Crippen MR) is 87.1 cm³/mol. The van der Waals surface area contributed by atoms with E-state index in [0.29, 0.717) is 11.1 Å². The molecule has 6 heteroatoms. The Balaban J connectivity index is 2.25. The van der Waals surface area contributed by atoms with Gasteiger partial charge >= 0.3 is 11.9 Å². The molecule has 0 amide bonds. The third-order valence-electron chi connectivity index (χ3n) is 3.52. The van der Waals surface area contributed by atoms with Gasteiger partial charge in [0.15, 0.2) is 0 Å². The summed E-state index contributed by atoms with van der Waals surface area (Å²) in [6.07, 6.45) is 0. The summed E-state index contributed by atoms with van der Waals surface area (Å²) in [7, 11) is 1.54. The van der Waals surface area contributed by atoms with Crippen molar-refractivity contribution in [1.29, 1.82) is 0 Å². The minimum atomic E-state index is -1.11. The summed E-state index contributed by atoms with van der Waals surface area (Å²) >= 11 is 0. The maximum Gasteiger partial charge on any atom is 0.337 e. The van der Waals surface area contributed by atoms with Crippen LogP contribution >= 0.6 is 8.81 Å². The smallest absolute Gasteiger partial charge is 0.337 e. The van der Waals surface area contributed by atoms with Crippen LogP contribution in [0, 0.1) is 0 Å². The zero-order chi connectivity index (χ0) is 16.8. The number of rotatable bonds is 5. The first-order valence-electron chi connectivity index (χ1n) is 6.92. The van der Waals surface area contributed by atoms with E-state index in [1.165, 1.54) is 14.2 Å². The van der Waals surface area contributed by atoms with E-state index in [1.54, 1.807) is 48.5 Å². The highest BCUT2D eigenvalue weighted by molar-refractivity contribution is 7.30. The number of benzene rings is 2. The molecule has 1 unspecified atom stereocenters. The van der Waals surface area contributed by atoms with Gasteiger partial charge in [0.05, 0.1) is 25.3 Å². The third kappa shape index (κ3) is 3.95. The molecule has 0 saturated carbocycles. The van der Waals surface area contributed by atoms with E-state index >= 15 is 0 Å². The van der Waals surface area contributed by atoms with Crippen molar-refractivity contribution in [3.8, 4) is 0 Å². The molecule has 0 fully saturated rings. The Hall–Kier alpha value is -2.23. The Bertz CT molecular complexity index is 620. The van der Waals surface area contributed by atoms with Gasteiger partial charge in [-0.05, 0) is 35.4 Å². The molecule has 2 rings (SSSR count). The Labute approximate surface area is 136 Å². The van der Waals surface area contributed by atoms with E-state index in [2.05, 4.69) is 9.47 Å². The second-order valence-electron chi connectivity index (χ2n) is 4.84. The molecule has 0 spiro atoms. The van der Waals surface area contributed by atoms with E-state index in [1.807, 2.05) is 0 Å². The molecule has 0 radical (unpaired) electrons. The molecule has 5 nitrogen and oxygen atoms in total. The fourth-order valence-electron chi connectivity index (χ4n) is 2.24. The number of esters is 2. The van der Waals surface area contributed by atoms with Gasteiger partial charge < -0.3 is 14.4 Å². The second kappa shape index (κ2) is 7.86. The summed E-state index contributed by atoms with van der Waals surface area (Å²) in [5.41, 5.74) is 2.30. The Morgan fingerprint density at radius 1 is 0.826 bits per heavy atom. The van der Waals surface area contributed by atoms with E-state index in [0.717, 1.165) is 11.1 Å². The van der Waals surface area contributed by atoms with Crippen LogP contribution in [0.25, 0.3) is 0 Å². The number of hydrogen-bond donors (Lipinski definition) is 0. The largest absolute Gasteiger partial charge is 0.682 e. The van der Waals surface area contributed by atoms with Gasteiger partial charge in [0.25, 0.3) is 0 Å². The molecule has 0 saturated heterocycles. The van der Waals surface area contributed by atoms with Crippen molar-refractivity contribution < 1.29 is 24.0 Å². The van der Waals surface area contributed by atoms with Crippen LogP contribution in [0.3, 0.4) is 0 Å². The maximum absolute atomic E-state index is 11.7. The van der Waals surface area contributed by atoms with Crippen molar-refractivity contribution in [3.05, 3.63) is 70.8 Å². The number of hydrogen-bond acceptors (Lipinski definition) is 5. The zero-order valence-corrected chi connectivity index (χ0v) is 14.0. The fraction of sp³-hybridized carbons (Fsp3) is 0.176. The number of ether oxygens (including phenoxy) is 2. The average Bonchev–Trinajstić information content (AvgIpc) is 2.62. The molecule has 120 valence electrons. The van der Waals surface area contributed by atoms with Gasteiger partial charge in [-0.2, -0.15) is 0 Å². The number of carbonyl (C=O) groups excluding carboxylic acids is 2. The standard InChI is InChI=1S/C17H17O5P/c1-21-16(18)13-7-3-11(4-8-13)15(23-20)12-5-9-14(10-6-12)17(19)22-2/h3-10,15H,23H2,1-2H3. The molecular weight excluding hydrogens is 315 g/mol. The van der Waals surface area contributed by atoms with Gasteiger partial charge in [0.1, 0.15) is 5.66 Å². The molecule has 0 aliphatic heterocycles. The molecule has 0 aliphatic carbocycles. The van der Waals surface area contributed by atoms with Crippen LogP contribution < -0.4 is 4.89 Å². The third-order valence-corrected chi connectivity index (χ3v) is 4.56. The van der Waals surface area contributed by atoms with Crippen molar-refractivity contribution in [2.75, 3.05) is 14.2 Å². The summed E-state index contributed by atoms with van der Waals surface area (Å²) in [6, 6.07) is 13.6. The Morgan fingerprint density at radius 3 is 1.43 bits per heavy atom. The normalized spacial score (nSPS) is 11.0. The lowest BCUT2D eigenvalue weighted by molar-refractivity contribution is -0.151. The van der Waals surface area contributed by atoms with E-state index in [4.69, 9.17) is 0 Å². The molecule has 0 aliphatic rings. The van der Waals surface area contributed by atoms with Crippen LogP contribution in [0.5, 0.6) is 0 Å². The lowest BCUT2D eigenvalue weighted by Gasteiger charge is -2.15. The highest BCUT2D eigenvalue weighted by Crippen LogP contribution is 2.36. The highest BCUT2D eigenvalue weighted by atomic mass is 31.1. The summed E-state index contributed by atoms with van der Waals surface area (Å²) in [4.78, 5) is 34.6. The van der Waals surface area contributed by atoms with Crippen LogP contribution in [-0.2, 0) is 9.47 Å². The summed E-state index contributed by atoms with van der Waals surface area (Å²) < 4.78 is 9.31. The van der Waals surface area contributed by atoms with E-state index < -0.39 is 20.7 Å². The molecule has 0 heterocycles. The van der Waals surface area contributed by atoms with Crippen molar-refractivity contribution >= 4 is 20.7 Å². The maximum atomic E-state index is 11.7. The molecule has 2 aromatic rings. The molecule has 0 aromatic heterocycles. The quantitative estimate of drug-likeness (QED) is 0.619. The summed E-state index contributed by atoms with van der Waals surface area (Å²) in [6.45, 7) is 0. The average molecular weight is 332 g/mol. The van der Waals surface area contributed by atoms with Gasteiger partial charge in [-0.15, -0.1) is 0 Å². The van der Waals surface area contributed by atoms with E-state index in [9.17, 15) is 14.5 Å². The molecule has 23 heavy (non-hydrogen) atoms. The van der Waals surface area contributed by atoms with Gasteiger partial charge in [-0.1, -0.05) is 33.1 Å². The second-order valence-corrected chi connectivity index (χ2v) is 5.78. The Kier molecular flexibility index (Phi) is 5.85. The van der Waals surface area contributed by atoms with Crippen molar-refractivity contribution in [2.45, 2.75) is 5.66 Å². The van der Waals surface area contributed by atoms with Crippen LogP contribution in [0.2, 0.25) is 0 Å². The van der Waals surface area contributed by atoms with Crippen molar-refractivity contribution in [2.24, 2.45) is 0 Å². The predicted octanol–water partition coefficient (Wildman–Crippen LogP) is 2.04. The summed E-state index contributed by atoms with van der Waals surface area (Å²) in [5, 5.41) is 0. The number of methoxy groups -OCH3 is 2. The van der Waals surface area contributed by atoms with Crippen molar-refractivity contribution in [1.82, 2.24) is 0 Å². The lowest BCUT2D eigenvalue weighted by Crippen LogP contribution is -2.05. The van der Waals surface area contributed by atoms with Crippen LogP contribution in [-0.4, -0.2) is 26.2 Å². The molecule has 0 N–H and O–H groups in total. The lowest BCUT2D eigenvalue weighted by atomic mass is 10.0. The minimum absolute atomic E-state index is 0.270. The molecule has 0 bridgehead atoms. The molecular formula is C17H17O5P.